The van der Waals surface area contributed by atoms with E-state index in [0.717, 1.165) is 0 Å². The smallest absolute Gasteiger partial charge is 0.328 e. The molecular formula is C29H49N9O14. The number of aliphatic carboxylic acids is 3. The van der Waals surface area contributed by atoms with Gasteiger partial charge in [-0.15, -0.1) is 0 Å². The van der Waals surface area contributed by atoms with E-state index in [-0.39, 0.29) is 32.2 Å². The number of primary amides is 1. The quantitative estimate of drug-likeness (QED) is 0.0348. The van der Waals surface area contributed by atoms with Gasteiger partial charge in [0, 0.05) is 19.3 Å². The number of rotatable bonds is 27. The summed E-state index contributed by atoms with van der Waals surface area (Å²) in [7, 11) is 0. The Morgan fingerprint density at radius 1 is 0.596 bits per heavy atom. The van der Waals surface area contributed by atoms with Crippen molar-refractivity contribution in [2.75, 3.05) is 19.7 Å². The number of amides is 7. The van der Waals surface area contributed by atoms with E-state index in [0.29, 0.717) is 12.8 Å². The molecule has 16 N–H and O–H groups in total. The zero-order chi connectivity index (χ0) is 40.0. The van der Waals surface area contributed by atoms with Crippen LogP contribution >= 0.6 is 0 Å². The lowest BCUT2D eigenvalue weighted by atomic mass is 10.0. The van der Waals surface area contributed by atoms with Crippen LogP contribution in [0, 0.1) is 0 Å². The number of hydrogen-bond acceptors (Lipinski definition) is 13. The van der Waals surface area contributed by atoms with Gasteiger partial charge in [0.25, 0.3) is 0 Å². The zero-order valence-electron chi connectivity index (χ0n) is 28.6. The molecule has 0 aromatic heterocycles. The van der Waals surface area contributed by atoms with Gasteiger partial charge in [0.2, 0.25) is 41.4 Å². The molecule has 0 aromatic rings. The van der Waals surface area contributed by atoms with Gasteiger partial charge < -0.3 is 69.5 Å². The highest BCUT2D eigenvalue weighted by Gasteiger charge is 2.31. The number of carbonyl (C=O) groups is 10. The van der Waals surface area contributed by atoms with Crippen molar-refractivity contribution in [3.8, 4) is 0 Å². The van der Waals surface area contributed by atoms with E-state index in [2.05, 4.69) is 26.6 Å². The van der Waals surface area contributed by atoms with Crippen molar-refractivity contribution in [2.24, 2.45) is 17.2 Å². The molecule has 23 nitrogen and oxygen atoms in total. The minimum absolute atomic E-state index is 0.0475. The fraction of sp³-hybridized carbons (Fsp3) is 0.655. The standard InChI is InChI=1S/C29H49N9O14/c1-14(24(46)33-12-21(41)35-17(7-10-23(44)45)28(50)38-19(13-39)29(51)52)34-26(48)18(6-8-20(32)40)37-27(49)16(4-2-3-11-30)36-25(47)15(31)5-9-22(42)43/h14-19,39H,2-13,30-31H2,1H3,(H2,32,40)(H,33,46)(H,34,48)(H,35,41)(H,36,47)(H,37,49)(H,38,50)(H,42,43)(H,44,45)(H,51,52)/t14-,15-,16-,17-,18-,19-/m0/s1. The van der Waals surface area contributed by atoms with E-state index in [1.54, 1.807) is 0 Å². The van der Waals surface area contributed by atoms with Crippen molar-refractivity contribution in [1.29, 1.82) is 0 Å². The highest BCUT2D eigenvalue weighted by molar-refractivity contribution is 5.96. The Morgan fingerprint density at radius 2 is 1.08 bits per heavy atom. The highest BCUT2D eigenvalue weighted by Crippen LogP contribution is 2.06. The van der Waals surface area contributed by atoms with Gasteiger partial charge in [-0.25, -0.2) is 4.79 Å². The predicted molar refractivity (Wildman–Crippen MR) is 176 cm³/mol. The number of aliphatic hydroxyl groups excluding tert-OH is 1. The Morgan fingerprint density at radius 3 is 1.60 bits per heavy atom. The molecule has 52 heavy (non-hydrogen) atoms. The summed E-state index contributed by atoms with van der Waals surface area (Å²) in [6, 6.07) is -8.66. The number of carboxylic acids is 3. The molecule has 0 fully saturated rings. The molecule has 7 amide bonds. The molecule has 294 valence electrons. The third kappa shape index (κ3) is 19.7. The average Bonchev–Trinajstić information content (AvgIpc) is 3.07. The maximum atomic E-state index is 13.2. The average molecular weight is 748 g/mol. The van der Waals surface area contributed by atoms with Crippen molar-refractivity contribution in [1.82, 2.24) is 31.9 Å². The largest absolute Gasteiger partial charge is 0.481 e. The molecule has 0 aromatic carbocycles. The molecule has 0 spiro atoms. The third-order valence-corrected chi connectivity index (χ3v) is 7.17. The molecule has 0 radical (unpaired) electrons. The molecule has 0 aliphatic rings. The van der Waals surface area contributed by atoms with E-state index in [4.69, 9.17) is 37.6 Å². The minimum atomic E-state index is -1.74. The number of carboxylic acid groups (broad SMARTS) is 3. The zero-order valence-corrected chi connectivity index (χ0v) is 28.6. The first kappa shape index (κ1) is 46.6. The van der Waals surface area contributed by atoms with E-state index in [1.807, 2.05) is 5.32 Å². The molecule has 0 heterocycles. The molecule has 0 saturated heterocycles. The summed E-state index contributed by atoms with van der Waals surface area (Å²) in [6.45, 7) is -0.316. The Hall–Kier alpha value is -5.42. The van der Waals surface area contributed by atoms with Crippen LogP contribution in [0.25, 0.3) is 0 Å². The number of nitrogens with one attached hydrogen (secondary N) is 6. The number of aliphatic hydroxyl groups is 1. The first-order valence-electron chi connectivity index (χ1n) is 16.1. The topological polar surface area (TPSA) is 402 Å². The van der Waals surface area contributed by atoms with Crippen LogP contribution in [0.2, 0.25) is 0 Å². The van der Waals surface area contributed by atoms with Crippen LogP contribution in [0.1, 0.15) is 64.7 Å². The Bertz CT molecular complexity index is 1300. The third-order valence-electron chi connectivity index (χ3n) is 7.17. The monoisotopic (exact) mass is 747 g/mol. The first-order valence-corrected chi connectivity index (χ1v) is 16.1. The normalized spacial score (nSPS) is 14.2. The summed E-state index contributed by atoms with van der Waals surface area (Å²) < 4.78 is 0. The Labute approximate surface area is 297 Å². The highest BCUT2D eigenvalue weighted by atomic mass is 16.4. The molecule has 0 bridgehead atoms. The molecule has 0 rings (SSSR count). The van der Waals surface area contributed by atoms with Gasteiger partial charge in [0.15, 0.2) is 0 Å². The lowest BCUT2D eigenvalue weighted by Crippen LogP contribution is -2.58. The first-order chi connectivity index (χ1) is 24.3. The van der Waals surface area contributed by atoms with Gasteiger partial charge >= 0.3 is 17.9 Å². The summed E-state index contributed by atoms with van der Waals surface area (Å²) in [5.74, 6) is -10.7. The summed E-state index contributed by atoms with van der Waals surface area (Å²) in [5, 5.41) is 49.3. The van der Waals surface area contributed by atoms with Crippen LogP contribution in [0.15, 0.2) is 0 Å². The van der Waals surface area contributed by atoms with Gasteiger partial charge in [-0.2, -0.15) is 0 Å². The van der Waals surface area contributed by atoms with E-state index < -0.39 is 128 Å². The summed E-state index contributed by atoms with van der Waals surface area (Å²) in [4.78, 5) is 121. The fourth-order valence-corrected chi connectivity index (χ4v) is 4.22. The summed E-state index contributed by atoms with van der Waals surface area (Å²) >= 11 is 0. The van der Waals surface area contributed by atoms with Gasteiger partial charge in [0.1, 0.15) is 30.2 Å². The Balaban J connectivity index is 5.59. The maximum Gasteiger partial charge on any atom is 0.328 e. The molecule has 23 heteroatoms. The van der Waals surface area contributed by atoms with Gasteiger partial charge in [-0.3, -0.25) is 43.2 Å². The molecule has 6 atom stereocenters. The lowest BCUT2D eigenvalue weighted by Gasteiger charge is -2.25. The second-order valence-corrected chi connectivity index (χ2v) is 11.5. The Kier molecular flexibility index (Phi) is 22.1. The molecule has 0 aliphatic carbocycles. The van der Waals surface area contributed by atoms with Crippen molar-refractivity contribution in [2.45, 2.75) is 101 Å². The second kappa shape index (κ2) is 24.7. The molecule has 0 saturated carbocycles. The van der Waals surface area contributed by atoms with Crippen molar-refractivity contribution >= 4 is 59.3 Å². The van der Waals surface area contributed by atoms with E-state index >= 15 is 0 Å². The predicted octanol–water partition coefficient (Wildman–Crippen LogP) is -5.93. The number of nitrogens with two attached hydrogens (primary N) is 3. The van der Waals surface area contributed by atoms with Gasteiger partial charge in [-0.05, 0) is 52.0 Å². The SMILES string of the molecule is C[C@H](NC(=O)[C@H](CCC(N)=O)NC(=O)[C@H](CCCCN)NC(=O)[C@@H](N)CCC(=O)O)C(=O)NCC(=O)N[C@@H](CCC(=O)O)C(=O)N[C@@H](CO)C(=O)O. The van der Waals surface area contributed by atoms with Crippen LogP contribution in [0.5, 0.6) is 0 Å². The van der Waals surface area contributed by atoms with Crippen molar-refractivity contribution < 1.29 is 68.4 Å². The van der Waals surface area contributed by atoms with E-state index in [9.17, 15) is 47.9 Å². The van der Waals surface area contributed by atoms with Crippen LogP contribution in [-0.4, -0.2) is 136 Å². The molecule has 0 aliphatic heterocycles. The minimum Gasteiger partial charge on any atom is -0.481 e. The van der Waals surface area contributed by atoms with Crippen LogP contribution in [0.3, 0.4) is 0 Å². The van der Waals surface area contributed by atoms with E-state index in [1.165, 1.54) is 6.92 Å². The van der Waals surface area contributed by atoms with Crippen LogP contribution < -0.4 is 49.1 Å². The lowest BCUT2D eigenvalue weighted by molar-refractivity contribution is -0.144. The van der Waals surface area contributed by atoms with Crippen molar-refractivity contribution in [3.05, 3.63) is 0 Å². The fourth-order valence-electron chi connectivity index (χ4n) is 4.22. The molecular weight excluding hydrogens is 698 g/mol. The number of hydrogen-bond donors (Lipinski definition) is 13. The van der Waals surface area contributed by atoms with Crippen LogP contribution in [0.4, 0.5) is 0 Å². The summed E-state index contributed by atoms with van der Waals surface area (Å²) in [6.07, 6.45) is -1.55. The van der Waals surface area contributed by atoms with Crippen LogP contribution in [-0.2, 0) is 47.9 Å². The number of unbranched alkanes of at least 4 members (excludes halogenated alkanes) is 1. The van der Waals surface area contributed by atoms with Crippen molar-refractivity contribution in [3.63, 3.8) is 0 Å². The molecule has 0 unspecified atom stereocenters. The second-order valence-electron chi connectivity index (χ2n) is 11.5. The summed E-state index contributed by atoms with van der Waals surface area (Å²) in [5.41, 5.74) is 16.5. The maximum absolute atomic E-state index is 13.2. The van der Waals surface area contributed by atoms with Gasteiger partial charge in [-0.1, -0.05) is 0 Å². The van der Waals surface area contributed by atoms with Gasteiger partial charge in [0.05, 0.1) is 19.2 Å². The number of carbonyl (C=O) groups excluding carboxylic acids is 7.